The predicted molar refractivity (Wildman–Crippen MR) is 125 cm³/mol. The Hall–Kier alpha value is -2.93. The van der Waals surface area contributed by atoms with E-state index in [0.717, 1.165) is 28.9 Å². The Labute approximate surface area is 190 Å². The van der Waals surface area contributed by atoms with Crippen molar-refractivity contribution in [3.63, 3.8) is 0 Å². The zero-order valence-electron chi connectivity index (χ0n) is 17.5. The van der Waals surface area contributed by atoms with E-state index in [1.807, 2.05) is 42.5 Å². The summed E-state index contributed by atoms with van der Waals surface area (Å²) in [6.07, 6.45) is 3.05. The molecule has 0 saturated carbocycles. The molecule has 2 aromatic heterocycles. The molecule has 0 radical (unpaired) electrons. The Balaban J connectivity index is 1.47. The van der Waals surface area contributed by atoms with Crippen molar-refractivity contribution in [3.8, 4) is 10.6 Å². The van der Waals surface area contributed by atoms with Crippen LogP contribution in [0.2, 0.25) is 0 Å². The molecule has 0 spiro atoms. The van der Waals surface area contributed by atoms with Crippen molar-refractivity contribution in [2.45, 2.75) is 25.0 Å². The lowest BCUT2D eigenvalue weighted by atomic mass is 9.92. The van der Waals surface area contributed by atoms with E-state index in [9.17, 15) is 4.39 Å². The van der Waals surface area contributed by atoms with Gasteiger partial charge in [-0.15, -0.1) is 6.58 Å². The Morgan fingerprint density at radius 1 is 1.06 bits per heavy atom. The lowest BCUT2D eigenvalue weighted by Crippen LogP contribution is -2.17. The molecule has 1 saturated heterocycles. The smallest absolute Gasteiger partial charge is 0.183 e. The number of hydrogen-bond donors (Lipinski definition) is 0. The van der Waals surface area contributed by atoms with E-state index < -0.39 is 6.29 Å². The van der Waals surface area contributed by atoms with Gasteiger partial charge in [0.25, 0.3) is 0 Å². The Kier molecular flexibility index (Phi) is 6.08. The number of hydrogen-bond acceptors (Lipinski definition) is 5. The Bertz CT molecular complexity index is 1240. The highest BCUT2D eigenvalue weighted by Gasteiger charge is 2.20. The first-order chi connectivity index (χ1) is 15.7. The van der Waals surface area contributed by atoms with Crippen LogP contribution in [0.4, 0.5) is 4.39 Å². The fraction of sp³-hybridized carbons (Fsp3) is 0.231. The van der Waals surface area contributed by atoms with Gasteiger partial charge >= 0.3 is 0 Å². The summed E-state index contributed by atoms with van der Waals surface area (Å²) in [5.41, 5.74) is 4.06. The number of fused-ring (bicyclic) bond motifs is 1. The molecule has 0 bridgehead atoms. The molecule has 0 amide bonds. The lowest BCUT2D eigenvalue weighted by molar-refractivity contribution is -0.183. The molecule has 0 aliphatic carbocycles. The fourth-order valence-electron chi connectivity index (χ4n) is 3.95. The highest BCUT2D eigenvalue weighted by Crippen LogP contribution is 2.35. The molecular weight excluding hydrogens is 423 g/mol. The minimum Gasteiger partial charge on any atom is -0.348 e. The molecule has 4 nitrogen and oxygen atoms in total. The summed E-state index contributed by atoms with van der Waals surface area (Å²) >= 11 is 1.40. The van der Waals surface area contributed by atoms with Crippen molar-refractivity contribution in [3.05, 3.63) is 96.0 Å². The summed E-state index contributed by atoms with van der Waals surface area (Å²) in [6, 6.07) is 19.3. The van der Waals surface area contributed by atoms with Crippen molar-refractivity contribution < 1.29 is 13.9 Å². The molecule has 1 unspecified atom stereocenters. The number of nitrogens with zero attached hydrogens (tertiary/aromatic N) is 2. The van der Waals surface area contributed by atoms with Crippen LogP contribution < -0.4 is 0 Å². The minimum absolute atomic E-state index is 0.121. The van der Waals surface area contributed by atoms with Crippen LogP contribution in [0.3, 0.4) is 0 Å². The van der Waals surface area contributed by atoms with Crippen molar-refractivity contribution >= 4 is 21.7 Å². The average molecular weight is 447 g/mol. The molecule has 1 atom stereocenters. The molecule has 1 aliphatic rings. The van der Waals surface area contributed by atoms with Crippen LogP contribution in [-0.4, -0.2) is 23.2 Å². The summed E-state index contributed by atoms with van der Waals surface area (Å²) in [4.78, 5) is 10.3. The van der Waals surface area contributed by atoms with E-state index in [1.54, 1.807) is 6.07 Å². The highest BCUT2D eigenvalue weighted by atomic mass is 32.1. The number of benzene rings is 2. The van der Waals surface area contributed by atoms with Gasteiger partial charge < -0.3 is 9.47 Å². The van der Waals surface area contributed by atoms with Crippen LogP contribution in [0.15, 0.2) is 73.3 Å². The van der Waals surface area contributed by atoms with E-state index in [0.29, 0.717) is 29.3 Å². The van der Waals surface area contributed by atoms with E-state index in [4.69, 9.17) is 14.5 Å². The number of ether oxygens (including phenoxy) is 2. The third kappa shape index (κ3) is 4.21. The van der Waals surface area contributed by atoms with Crippen LogP contribution in [-0.2, 0) is 9.47 Å². The maximum atomic E-state index is 15.0. The third-order valence-corrected chi connectivity index (χ3v) is 6.56. The van der Waals surface area contributed by atoms with Gasteiger partial charge in [-0.2, -0.15) is 0 Å². The van der Waals surface area contributed by atoms with Gasteiger partial charge in [0.1, 0.15) is 21.2 Å². The lowest BCUT2D eigenvalue weighted by Gasteiger charge is -2.23. The summed E-state index contributed by atoms with van der Waals surface area (Å²) in [5, 5.41) is 0.610. The molecule has 0 N–H and O–H groups in total. The molecule has 162 valence electrons. The monoisotopic (exact) mass is 446 g/mol. The second-order valence-electron chi connectivity index (χ2n) is 7.73. The number of rotatable bonds is 6. The van der Waals surface area contributed by atoms with Gasteiger partial charge in [-0.05, 0) is 42.7 Å². The van der Waals surface area contributed by atoms with E-state index in [-0.39, 0.29) is 11.7 Å². The van der Waals surface area contributed by atoms with Crippen LogP contribution >= 0.6 is 11.3 Å². The van der Waals surface area contributed by atoms with Crippen molar-refractivity contribution in [1.82, 2.24) is 9.97 Å². The molecule has 4 aromatic rings. The zero-order chi connectivity index (χ0) is 21.9. The summed E-state index contributed by atoms with van der Waals surface area (Å²) in [5.74, 6) is -0.219. The van der Waals surface area contributed by atoms with Gasteiger partial charge in [0, 0.05) is 22.7 Å². The predicted octanol–water partition coefficient (Wildman–Crippen LogP) is 6.64. The number of allylic oxidation sites excluding steroid dienone is 1. The zero-order valence-corrected chi connectivity index (χ0v) is 18.4. The molecule has 1 aliphatic heterocycles. The molecule has 6 heteroatoms. The quantitative estimate of drug-likeness (QED) is 0.311. The van der Waals surface area contributed by atoms with Gasteiger partial charge in [0.15, 0.2) is 6.29 Å². The Morgan fingerprint density at radius 3 is 2.62 bits per heavy atom. The number of halogens is 1. The first-order valence-electron chi connectivity index (χ1n) is 10.7. The second kappa shape index (κ2) is 9.28. The number of aromatic nitrogens is 2. The summed E-state index contributed by atoms with van der Waals surface area (Å²) < 4.78 is 26.1. The van der Waals surface area contributed by atoms with E-state index >= 15 is 0 Å². The van der Waals surface area contributed by atoms with Crippen LogP contribution in [0, 0.1) is 5.82 Å². The van der Waals surface area contributed by atoms with Crippen LogP contribution in [0.5, 0.6) is 0 Å². The average Bonchev–Trinajstić information content (AvgIpc) is 3.26. The van der Waals surface area contributed by atoms with Crippen molar-refractivity contribution in [1.29, 1.82) is 0 Å². The first-order valence-corrected chi connectivity index (χ1v) is 11.5. The molecule has 3 heterocycles. The largest absolute Gasteiger partial charge is 0.348 e. The van der Waals surface area contributed by atoms with Crippen molar-refractivity contribution in [2.75, 3.05) is 13.2 Å². The fourth-order valence-corrected chi connectivity index (χ4v) is 4.92. The molecular formula is C26H23FN2O2S. The first kappa shape index (κ1) is 20.9. The second-order valence-corrected chi connectivity index (χ2v) is 8.71. The van der Waals surface area contributed by atoms with Gasteiger partial charge in [-0.25, -0.2) is 14.4 Å². The SMILES string of the molecule is C=CCC(c1ccccc1)c1ccc2nc(-c3ccc(C4OCCCO4)cc3F)sc2n1. The third-order valence-electron chi connectivity index (χ3n) is 5.56. The van der Waals surface area contributed by atoms with Gasteiger partial charge in [0.2, 0.25) is 0 Å². The van der Waals surface area contributed by atoms with Gasteiger partial charge in [-0.1, -0.05) is 53.8 Å². The Morgan fingerprint density at radius 2 is 1.88 bits per heavy atom. The highest BCUT2D eigenvalue weighted by molar-refractivity contribution is 7.21. The maximum absolute atomic E-state index is 15.0. The number of pyridine rings is 1. The van der Waals surface area contributed by atoms with Gasteiger partial charge in [0.05, 0.1) is 13.2 Å². The molecule has 32 heavy (non-hydrogen) atoms. The van der Waals surface area contributed by atoms with E-state index in [1.165, 1.54) is 23.0 Å². The van der Waals surface area contributed by atoms with E-state index in [2.05, 4.69) is 23.7 Å². The molecule has 5 rings (SSSR count). The molecule has 2 aromatic carbocycles. The van der Waals surface area contributed by atoms with Crippen LogP contribution in [0.1, 0.15) is 41.9 Å². The minimum atomic E-state index is -0.508. The van der Waals surface area contributed by atoms with Gasteiger partial charge in [-0.3, -0.25) is 0 Å². The maximum Gasteiger partial charge on any atom is 0.183 e. The standard InChI is InChI=1S/C26H23FN2O2S/c1-2-7-19(17-8-4-3-5-9-17)22-12-13-23-25(28-22)32-24(29-23)20-11-10-18(16-21(20)27)26-30-14-6-15-31-26/h2-5,8-13,16,19,26H,1,6-7,14-15H2. The summed E-state index contributed by atoms with van der Waals surface area (Å²) in [7, 11) is 0. The normalized spacial score (nSPS) is 15.7. The molecule has 1 fully saturated rings. The summed E-state index contributed by atoms with van der Waals surface area (Å²) in [6.45, 7) is 5.15. The topological polar surface area (TPSA) is 44.2 Å². The van der Waals surface area contributed by atoms with Crippen LogP contribution in [0.25, 0.3) is 20.9 Å². The number of thiazole rings is 1. The van der Waals surface area contributed by atoms with Crippen molar-refractivity contribution in [2.24, 2.45) is 0 Å².